The van der Waals surface area contributed by atoms with E-state index in [2.05, 4.69) is 10.4 Å². The van der Waals surface area contributed by atoms with E-state index in [4.69, 9.17) is 0 Å². The fourth-order valence-corrected chi connectivity index (χ4v) is 1.43. The van der Waals surface area contributed by atoms with Crippen LogP contribution in [0.15, 0.2) is 12.3 Å². The van der Waals surface area contributed by atoms with Crippen molar-refractivity contribution < 1.29 is 4.79 Å². The SMILES string of the molecule is CCn1nccc1CNC(=O)CC(C)C. The second-order valence-electron chi connectivity index (χ2n) is 4.01. The molecule has 4 heteroatoms. The number of carbonyl (C=O) groups excluding carboxylic acids is 1. The minimum atomic E-state index is 0.105. The second kappa shape index (κ2) is 5.53. The van der Waals surface area contributed by atoms with Crippen molar-refractivity contribution in [3.63, 3.8) is 0 Å². The number of nitrogens with zero attached hydrogens (tertiary/aromatic N) is 2. The van der Waals surface area contributed by atoms with Crippen LogP contribution in [0.2, 0.25) is 0 Å². The highest BCUT2D eigenvalue weighted by molar-refractivity contribution is 5.75. The number of carbonyl (C=O) groups is 1. The summed E-state index contributed by atoms with van der Waals surface area (Å²) in [7, 11) is 0. The molecular weight excluding hydrogens is 190 g/mol. The third-order valence-corrected chi connectivity index (χ3v) is 2.16. The average molecular weight is 209 g/mol. The molecule has 0 atom stereocenters. The van der Waals surface area contributed by atoms with E-state index >= 15 is 0 Å². The van der Waals surface area contributed by atoms with E-state index in [1.165, 1.54) is 0 Å². The Balaban J connectivity index is 2.40. The maximum Gasteiger partial charge on any atom is 0.220 e. The third-order valence-electron chi connectivity index (χ3n) is 2.16. The number of aryl methyl sites for hydroxylation is 1. The lowest BCUT2D eigenvalue weighted by molar-refractivity contribution is -0.121. The summed E-state index contributed by atoms with van der Waals surface area (Å²) in [6.45, 7) is 7.51. The Kier molecular flexibility index (Phi) is 4.34. The van der Waals surface area contributed by atoms with Gasteiger partial charge in [-0.15, -0.1) is 0 Å². The van der Waals surface area contributed by atoms with Crippen molar-refractivity contribution in [2.75, 3.05) is 0 Å². The second-order valence-corrected chi connectivity index (χ2v) is 4.01. The van der Waals surface area contributed by atoms with Crippen molar-refractivity contribution in [1.29, 1.82) is 0 Å². The van der Waals surface area contributed by atoms with Gasteiger partial charge in [0.15, 0.2) is 0 Å². The van der Waals surface area contributed by atoms with Crippen molar-refractivity contribution in [3.8, 4) is 0 Å². The number of hydrogen-bond acceptors (Lipinski definition) is 2. The highest BCUT2D eigenvalue weighted by Crippen LogP contribution is 2.01. The van der Waals surface area contributed by atoms with Gasteiger partial charge in [-0.3, -0.25) is 9.48 Å². The molecule has 0 saturated carbocycles. The van der Waals surface area contributed by atoms with Gasteiger partial charge >= 0.3 is 0 Å². The Bertz CT molecular complexity index is 317. The highest BCUT2D eigenvalue weighted by atomic mass is 16.1. The minimum absolute atomic E-state index is 0.105. The number of amides is 1. The maximum absolute atomic E-state index is 11.4. The number of hydrogen-bond donors (Lipinski definition) is 1. The molecule has 84 valence electrons. The highest BCUT2D eigenvalue weighted by Gasteiger charge is 2.06. The summed E-state index contributed by atoms with van der Waals surface area (Å²) in [5, 5.41) is 7.03. The number of nitrogens with one attached hydrogen (secondary N) is 1. The summed E-state index contributed by atoms with van der Waals surface area (Å²) >= 11 is 0. The minimum Gasteiger partial charge on any atom is -0.350 e. The van der Waals surface area contributed by atoms with E-state index in [1.54, 1.807) is 6.20 Å². The first-order chi connectivity index (χ1) is 7.13. The van der Waals surface area contributed by atoms with E-state index in [0.717, 1.165) is 12.2 Å². The maximum atomic E-state index is 11.4. The molecule has 0 bridgehead atoms. The third kappa shape index (κ3) is 3.73. The molecule has 15 heavy (non-hydrogen) atoms. The van der Waals surface area contributed by atoms with Crippen molar-refractivity contribution in [1.82, 2.24) is 15.1 Å². The molecule has 0 radical (unpaired) electrons. The van der Waals surface area contributed by atoms with Crippen LogP contribution in [0, 0.1) is 5.92 Å². The molecule has 0 aromatic carbocycles. The molecule has 4 nitrogen and oxygen atoms in total. The number of rotatable bonds is 5. The summed E-state index contributed by atoms with van der Waals surface area (Å²) in [5.74, 6) is 0.509. The molecule has 1 aromatic heterocycles. The van der Waals surface area contributed by atoms with Gasteiger partial charge in [0.2, 0.25) is 5.91 Å². The topological polar surface area (TPSA) is 46.9 Å². The van der Waals surface area contributed by atoms with Gasteiger partial charge in [0.25, 0.3) is 0 Å². The summed E-state index contributed by atoms with van der Waals surface area (Å²) in [4.78, 5) is 11.4. The van der Waals surface area contributed by atoms with Crippen LogP contribution in [0.4, 0.5) is 0 Å². The van der Waals surface area contributed by atoms with Gasteiger partial charge in [0.1, 0.15) is 0 Å². The lowest BCUT2D eigenvalue weighted by atomic mass is 10.1. The predicted molar refractivity (Wildman–Crippen MR) is 59.2 cm³/mol. The zero-order valence-corrected chi connectivity index (χ0v) is 9.66. The predicted octanol–water partition coefficient (Wildman–Crippen LogP) is 1.57. The Morgan fingerprint density at radius 2 is 2.33 bits per heavy atom. The van der Waals surface area contributed by atoms with Crippen LogP contribution < -0.4 is 5.32 Å². The molecule has 0 aliphatic rings. The average Bonchev–Trinajstić information content (AvgIpc) is 2.60. The van der Waals surface area contributed by atoms with Crippen molar-refractivity contribution in [2.24, 2.45) is 5.92 Å². The largest absolute Gasteiger partial charge is 0.350 e. The Morgan fingerprint density at radius 1 is 1.60 bits per heavy atom. The Morgan fingerprint density at radius 3 is 2.93 bits per heavy atom. The molecule has 1 aromatic rings. The first-order valence-corrected chi connectivity index (χ1v) is 5.40. The van der Waals surface area contributed by atoms with Crippen LogP contribution in [-0.2, 0) is 17.9 Å². The molecule has 0 fully saturated rings. The van der Waals surface area contributed by atoms with Gasteiger partial charge < -0.3 is 5.32 Å². The normalized spacial score (nSPS) is 10.7. The van der Waals surface area contributed by atoms with E-state index in [-0.39, 0.29) is 5.91 Å². The van der Waals surface area contributed by atoms with E-state index in [0.29, 0.717) is 18.9 Å². The monoisotopic (exact) mass is 209 g/mol. The standard InChI is InChI=1S/C11H19N3O/c1-4-14-10(5-6-13-14)8-12-11(15)7-9(2)3/h5-6,9H,4,7-8H2,1-3H3,(H,12,15). The van der Waals surface area contributed by atoms with Crippen LogP contribution in [-0.4, -0.2) is 15.7 Å². The zero-order valence-electron chi connectivity index (χ0n) is 9.66. The fraction of sp³-hybridized carbons (Fsp3) is 0.636. The fourth-order valence-electron chi connectivity index (χ4n) is 1.43. The van der Waals surface area contributed by atoms with Crippen molar-refractivity contribution >= 4 is 5.91 Å². The summed E-state index contributed by atoms with van der Waals surface area (Å²) < 4.78 is 1.88. The molecule has 1 rings (SSSR count). The van der Waals surface area contributed by atoms with Gasteiger partial charge in [-0.05, 0) is 18.9 Å². The summed E-state index contributed by atoms with van der Waals surface area (Å²) in [6, 6.07) is 1.93. The van der Waals surface area contributed by atoms with Crippen LogP contribution in [0.5, 0.6) is 0 Å². The molecule has 0 unspecified atom stereocenters. The van der Waals surface area contributed by atoms with Gasteiger partial charge in [-0.25, -0.2) is 0 Å². The molecule has 0 aliphatic heterocycles. The summed E-state index contributed by atoms with van der Waals surface area (Å²) in [5.41, 5.74) is 1.05. The molecule has 1 N–H and O–H groups in total. The first kappa shape index (κ1) is 11.8. The molecule has 0 aliphatic carbocycles. The van der Waals surface area contributed by atoms with E-state index in [1.807, 2.05) is 31.5 Å². The quantitative estimate of drug-likeness (QED) is 0.800. The van der Waals surface area contributed by atoms with Crippen molar-refractivity contribution in [2.45, 2.75) is 40.3 Å². The first-order valence-electron chi connectivity index (χ1n) is 5.40. The van der Waals surface area contributed by atoms with Gasteiger partial charge in [-0.2, -0.15) is 5.10 Å². The van der Waals surface area contributed by atoms with Crippen molar-refractivity contribution in [3.05, 3.63) is 18.0 Å². The molecule has 1 amide bonds. The molecule has 1 heterocycles. The van der Waals surface area contributed by atoms with Gasteiger partial charge in [0.05, 0.1) is 12.2 Å². The smallest absolute Gasteiger partial charge is 0.220 e. The van der Waals surface area contributed by atoms with Crippen LogP contribution in [0.25, 0.3) is 0 Å². The van der Waals surface area contributed by atoms with Gasteiger partial charge in [-0.1, -0.05) is 13.8 Å². The molecule has 0 saturated heterocycles. The molecule has 0 spiro atoms. The van der Waals surface area contributed by atoms with Crippen LogP contribution >= 0.6 is 0 Å². The van der Waals surface area contributed by atoms with E-state index in [9.17, 15) is 4.79 Å². The lowest BCUT2D eigenvalue weighted by Gasteiger charge is -2.08. The molecular formula is C11H19N3O. The lowest BCUT2D eigenvalue weighted by Crippen LogP contribution is -2.25. The van der Waals surface area contributed by atoms with Crippen LogP contribution in [0.1, 0.15) is 32.9 Å². The van der Waals surface area contributed by atoms with Crippen LogP contribution in [0.3, 0.4) is 0 Å². The summed E-state index contributed by atoms with van der Waals surface area (Å²) in [6.07, 6.45) is 2.34. The Labute approximate surface area is 90.7 Å². The zero-order chi connectivity index (χ0) is 11.3. The Hall–Kier alpha value is -1.32. The van der Waals surface area contributed by atoms with Gasteiger partial charge in [0, 0.05) is 19.2 Å². The number of aromatic nitrogens is 2. The van der Waals surface area contributed by atoms with E-state index < -0.39 is 0 Å².